The molecular weight excluding hydrogens is 529 g/mol. The van der Waals surface area contributed by atoms with Gasteiger partial charge in [0.05, 0.1) is 24.3 Å². The van der Waals surface area contributed by atoms with Gasteiger partial charge in [-0.3, -0.25) is 9.59 Å². The molecule has 1 amide bonds. The number of carbonyl (C=O) groups is 3. The van der Waals surface area contributed by atoms with Crippen molar-refractivity contribution in [3.8, 4) is 5.75 Å². The number of benzene rings is 1. The number of allylic oxidation sites excluding steroid dienone is 2. The topological polar surface area (TPSA) is 96.4 Å². The molecule has 1 unspecified atom stereocenters. The van der Waals surface area contributed by atoms with E-state index in [1.54, 1.807) is 19.9 Å². The minimum absolute atomic E-state index is 0.0264. The zero-order valence-corrected chi connectivity index (χ0v) is 23.8. The van der Waals surface area contributed by atoms with Crippen molar-refractivity contribution in [1.29, 1.82) is 0 Å². The molecule has 0 radical (unpaired) electrons. The van der Waals surface area contributed by atoms with E-state index in [0.717, 1.165) is 31.5 Å². The number of likely N-dealkylation sites (tertiary alicyclic amines) is 1. The molecule has 11 heteroatoms. The van der Waals surface area contributed by atoms with Crippen LogP contribution >= 0.6 is 0 Å². The van der Waals surface area contributed by atoms with Gasteiger partial charge in [0.15, 0.2) is 0 Å². The number of esters is 1. The number of fused-ring (bicyclic) bond motifs is 1. The first-order chi connectivity index (χ1) is 18.8. The Balaban J connectivity index is 2.00. The molecule has 222 valence electrons. The quantitative estimate of drug-likeness (QED) is 0.281. The van der Waals surface area contributed by atoms with Crippen LogP contribution in [-0.2, 0) is 27.4 Å². The van der Waals surface area contributed by atoms with Gasteiger partial charge in [-0.25, -0.2) is 4.79 Å². The number of ether oxygens (including phenoxy) is 2. The largest absolute Gasteiger partial charge is 0.496 e. The van der Waals surface area contributed by atoms with E-state index >= 15 is 0 Å². The van der Waals surface area contributed by atoms with Gasteiger partial charge in [0, 0.05) is 17.2 Å². The number of anilines is 1. The van der Waals surface area contributed by atoms with Gasteiger partial charge < -0.3 is 24.4 Å². The lowest BCUT2D eigenvalue weighted by molar-refractivity contribution is -0.170. The predicted molar refractivity (Wildman–Crippen MR) is 144 cm³/mol. The maximum Gasteiger partial charge on any atom is 0.471 e. The number of carbonyl (C=O) groups excluding carboxylic acids is 2. The number of carboxylic acid groups (broad SMARTS) is 1. The molecule has 2 heterocycles. The smallest absolute Gasteiger partial charge is 0.471 e. The first-order valence-corrected chi connectivity index (χ1v) is 13.7. The van der Waals surface area contributed by atoms with Gasteiger partial charge in [-0.1, -0.05) is 18.1 Å². The van der Waals surface area contributed by atoms with Crippen LogP contribution in [0.25, 0.3) is 0 Å². The molecule has 8 nitrogen and oxygen atoms in total. The third kappa shape index (κ3) is 6.97. The number of hydrogen-bond acceptors (Lipinski definition) is 6. The number of methoxy groups -OCH3 is 1. The summed E-state index contributed by atoms with van der Waals surface area (Å²) >= 11 is 0. The molecule has 1 atom stereocenters. The minimum atomic E-state index is -5.18. The lowest BCUT2D eigenvalue weighted by atomic mass is 9.91. The van der Waals surface area contributed by atoms with Crippen molar-refractivity contribution in [2.45, 2.75) is 85.0 Å². The summed E-state index contributed by atoms with van der Waals surface area (Å²) in [6.45, 7) is 8.83. The first kappa shape index (κ1) is 31.4. The van der Waals surface area contributed by atoms with Crippen molar-refractivity contribution in [3.05, 3.63) is 33.9 Å². The van der Waals surface area contributed by atoms with Crippen molar-refractivity contribution < 1.29 is 42.1 Å². The second-order valence-electron chi connectivity index (χ2n) is 10.9. The maximum atomic E-state index is 13.7. The van der Waals surface area contributed by atoms with Gasteiger partial charge in [-0.05, 0) is 85.0 Å². The SMILES string of the molecule is COc1c(C)c2c(c(N(C(=O)C(F)(F)F)C(C)C)c1C/C=C(\C)CC(CCN1CCCCC1)C(=O)O)C(=O)OC2. The number of alkyl halides is 3. The number of rotatable bonds is 11. The number of hydrogen-bond donors (Lipinski definition) is 1. The Hall–Kier alpha value is -3.08. The minimum Gasteiger partial charge on any atom is -0.496 e. The molecule has 2 aliphatic rings. The lowest BCUT2D eigenvalue weighted by Gasteiger charge is -2.32. The van der Waals surface area contributed by atoms with E-state index in [9.17, 15) is 32.7 Å². The van der Waals surface area contributed by atoms with Crippen LogP contribution in [0, 0.1) is 12.8 Å². The van der Waals surface area contributed by atoms with Gasteiger partial charge >= 0.3 is 24.0 Å². The predicted octanol–water partition coefficient (Wildman–Crippen LogP) is 5.43. The van der Waals surface area contributed by atoms with E-state index in [-0.39, 0.29) is 42.0 Å². The van der Waals surface area contributed by atoms with Crippen molar-refractivity contribution in [2.24, 2.45) is 5.92 Å². The van der Waals surface area contributed by atoms with E-state index in [1.807, 2.05) is 0 Å². The van der Waals surface area contributed by atoms with Crippen molar-refractivity contribution >= 4 is 23.5 Å². The Labute approximate surface area is 233 Å². The van der Waals surface area contributed by atoms with Gasteiger partial charge in [0.2, 0.25) is 0 Å². The Morgan fingerprint density at radius 1 is 1.20 bits per heavy atom. The van der Waals surface area contributed by atoms with Crippen LogP contribution in [0.2, 0.25) is 0 Å². The average molecular weight is 569 g/mol. The van der Waals surface area contributed by atoms with E-state index in [2.05, 4.69) is 4.90 Å². The van der Waals surface area contributed by atoms with E-state index in [4.69, 9.17) is 9.47 Å². The summed E-state index contributed by atoms with van der Waals surface area (Å²) in [5.74, 6) is -4.16. The molecule has 0 spiro atoms. The molecular formula is C29H39F3N2O6. The molecule has 0 aromatic heterocycles. The van der Waals surface area contributed by atoms with Crippen LogP contribution in [0.4, 0.5) is 18.9 Å². The Morgan fingerprint density at radius 2 is 1.85 bits per heavy atom. The van der Waals surface area contributed by atoms with Gasteiger partial charge in [0.1, 0.15) is 12.4 Å². The zero-order chi connectivity index (χ0) is 29.8. The summed E-state index contributed by atoms with van der Waals surface area (Å²) in [6.07, 6.45) is 0.748. The summed E-state index contributed by atoms with van der Waals surface area (Å²) in [5.41, 5.74) is 1.64. The summed E-state index contributed by atoms with van der Waals surface area (Å²) in [7, 11) is 1.38. The fourth-order valence-electron chi connectivity index (χ4n) is 5.61. The molecule has 0 saturated carbocycles. The highest BCUT2D eigenvalue weighted by Crippen LogP contribution is 2.44. The standard InChI is InChI=1S/C29H39F3N2O6/c1-17(2)34(28(38)29(30,31)32)24-21(25(39-5)19(4)22-16-40-27(37)23(22)24)10-9-18(3)15-20(26(35)36)11-14-33-12-7-6-8-13-33/h9,17,20H,6-8,10-16H2,1-5H3,(H,35,36)/b18-9+. The normalized spacial score (nSPS) is 17.0. The molecule has 3 rings (SSSR count). The van der Waals surface area contributed by atoms with Crippen molar-refractivity contribution in [1.82, 2.24) is 4.90 Å². The van der Waals surface area contributed by atoms with Crippen LogP contribution in [0.3, 0.4) is 0 Å². The Morgan fingerprint density at radius 3 is 2.40 bits per heavy atom. The molecule has 1 N–H and O–H groups in total. The van der Waals surface area contributed by atoms with Gasteiger partial charge in [-0.15, -0.1) is 0 Å². The van der Waals surface area contributed by atoms with Crippen LogP contribution in [-0.4, -0.2) is 66.8 Å². The number of aliphatic carboxylic acids is 1. The molecule has 2 aliphatic heterocycles. The highest BCUT2D eigenvalue weighted by molar-refractivity contribution is 6.08. The number of cyclic esters (lactones) is 1. The highest BCUT2D eigenvalue weighted by atomic mass is 19.4. The first-order valence-electron chi connectivity index (χ1n) is 13.7. The highest BCUT2D eigenvalue weighted by Gasteiger charge is 2.47. The summed E-state index contributed by atoms with van der Waals surface area (Å²) < 4.78 is 51.9. The average Bonchev–Trinajstić information content (AvgIpc) is 3.28. The number of halogens is 3. The second kappa shape index (κ2) is 13.1. The maximum absolute atomic E-state index is 13.7. The van der Waals surface area contributed by atoms with Crippen LogP contribution in [0.1, 0.15) is 79.9 Å². The summed E-state index contributed by atoms with van der Waals surface area (Å²) in [4.78, 5) is 40.3. The molecule has 0 aliphatic carbocycles. The van der Waals surface area contributed by atoms with Crippen LogP contribution < -0.4 is 9.64 Å². The fraction of sp³-hybridized carbons (Fsp3) is 0.621. The number of piperidine rings is 1. The Kier molecular flexibility index (Phi) is 10.3. The molecule has 1 aromatic carbocycles. The number of carboxylic acids is 1. The van der Waals surface area contributed by atoms with Crippen molar-refractivity contribution in [2.75, 3.05) is 31.6 Å². The summed E-state index contributed by atoms with van der Waals surface area (Å²) in [6, 6.07) is -0.936. The lowest BCUT2D eigenvalue weighted by Crippen LogP contribution is -2.46. The fourth-order valence-corrected chi connectivity index (χ4v) is 5.61. The van der Waals surface area contributed by atoms with E-state index in [0.29, 0.717) is 29.0 Å². The molecule has 1 aromatic rings. The molecule has 40 heavy (non-hydrogen) atoms. The summed E-state index contributed by atoms with van der Waals surface area (Å²) in [5, 5.41) is 9.84. The molecule has 1 saturated heterocycles. The van der Waals surface area contributed by atoms with E-state index in [1.165, 1.54) is 27.4 Å². The third-order valence-electron chi connectivity index (χ3n) is 7.68. The molecule has 0 bridgehead atoms. The molecule has 1 fully saturated rings. The van der Waals surface area contributed by atoms with E-state index < -0.39 is 36.0 Å². The van der Waals surface area contributed by atoms with Crippen LogP contribution in [0.15, 0.2) is 11.6 Å². The third-order valence-corrected chi connectivity index (χ3v) is 7.68. The monoisotopic (exact) mass is 568 g/mol. The number of amides is 1. The van der Waals surface area contributed by atoms with Crippen molar-refractivity contribution in [3.63, 3.8) is 0 Å². The number of nitrogens with zero attached hydrogens (tertiary/aromatic N) is 2. The second-order valence-corrected chi connectivity index (χ2v) is 10.9. The van der Waals surface area contributed by atoms with Crippen LogP contribution in [0.5, 0.6) is 5.75 Å². The zero-order valence-electron chi connectivity index (χ0n) is 23.8. The van der Waals surface area contributed by atoms with Gasteiger partial charge in [0.25, 0.3) is 0 Å². The van der Waals surface area contributed by atoms with Gasteiger partial charge in [-0.2, -0.15) is 13.2 Å². The Bertz CT molecular complexity index is 1160.